The summed E-state index contributed by atoms with van der Waals surface area (Å²) in [6.07, 6.45) is 4.98. The van der Waals surface area contributed by atoms with Crippen molar-refractivity contribution in [3.63, 3.8) is 0 Å². The van der Waals surface area contributed by atoms with Crippen LogP contribution in [0.3, 0.4) is 0 Å². The van der Waals surface area contributed by atoms with Gasteiger partial charge in [-0.1, -0.05) is 12.1 Å². The normalized spacial score (nSPS) is 18.4. The summed E-state index contributed by atoms with van der Waals surface area (Å²) in [5, 5.41) is 0. The van der Waals surface area contributed by atoms with Crippen molar-refractivity contribution in [3.8, 4) is 5.75 Å². The summed E-state index contributed by atoms with van der Waals surface area (Å²) >= 11 is 0. The van der Waals surface area contributed by atoms with Gasteiger partial charge in [-0.05, 0) is 50.3 Å². The number of hydrogen-bond donors (Lipinski definition) is 1. The van der Waals surface area contributed by atoms with Gasteiger partial charge >= 0.3 is 0 Å². The quantitative estimate of drug-likeness (QED) is 0.807. The summed E-state index contributed by atoms with van der Waals surface area (Å²) in [6, 6.07) is 8.23. The summed E-state index contributed by atoms with van der Waals surface area (Å²) in [4.78, 5) is 0. The van der Waals surface area contributed by atoms with E-state index < -0.39 is 0 Å². The Labute approximate surface area is 109 Å². The van der Waals surface area contributed by atoms with Crippen molar-refractivity contribution < 1.29 is 9.47 Å². The van der Waals surface area contributed by atoms with E-state index in [2.05, 4.69) is 19.1 Å². The molecule has 0 aliphatic heterocycles. The van der Waals surface area contributed by atoms with E-state index in [0.29, 0.717) is 6.10 Å². The van der Waals surface area contributed by atoms with Gasteiger partial charge in [-0.2, -0.15) is 0 Å². The van der Waals surface area contributed by atoms with Crippen LogP contribution in [-0.4, -0.2) is 19.3 Å². The van der Waals surface area contributed by atoms with E-state index in [4.69, 9.17) is 15.2 Å². The molecular weight excluding hydrogens is 226 g/mol. The van der Waals surface area contributed by atoms with E-state index >= 15 is 0 Å². The third kappa shape index (κ3) is 4.00. The van der Waals surface area contributed by atoms with Crippen molar-refractivity contribution in [3.05, 3.63) is 29.8 Å². The van der Waals surface area contributed by atoms with Crippen LogP contribution in [0, 0.1) is 0 Å². The van der Waals surface area contributed by atoms with Gasteiger partial charge < -0.3 is 15.2 Å². The lowest BCUT2D eigenvalue weighted by Crippen LogP contribution is -2.14. The van der Waals surface area contributed by atoms with Crippen LogP contribution >= 0.6 is 0 Å². The summed E-state index contributed by atoms with van der Waals surface area (Å²) in [6.45, 7) is 2.07. The van der Waals surface area contributed by atoms with Gasteiger partial charge in [-0.25, -0.2) is 0 Å². The molecule has 1 aliphatic rings. The van der Waals surface area contributed by atoms with Gasteiger partial charge in [0, 0.05) is 13.2 Å². The van der Waals surface area contributed by atoms with Gasteiger partial charge in [0.1, 0.15) is 5.75 Å². The number of benzene rings is 1. The van der Waals surface area contributed by atoms with Crippen LogP contribution in [0.25, 0.3) is 0 Å². The van der Waals surface area contributed by atoms with Gasteiger partial charge in [-0.15, -0.1) is 0 Å². The molecule has 0 bridgehead atoms. The lowest BCUT2D eigenvalue weighted by atomic mass is 10.0. The van der Waals surface area contributed by atoms with Crippen LogP contribution in [0.2, 0.25) is 0 Å². The second-order valence-corrected chi connectivity index (χ2v) is 5.12. The molecule has 0 aromatic heterocycles. The Kier molecular flexibility index (Phi) is 4.61. The third-order valence-electron chi connectivity index (χ3n) is 3.40. The third-order valence-corrected chi connectivity index (χ3v) is 3.40. The molecule has 2 rings (SSSR count). The minimum Gasteiger partial charge on any atom is -0.490 e. The number of hydrogen-bond acceptors (Lipinski definition) is 3. The molecule has 2 N–H and O–H groups in total. The van der Waals surface area contributed by atoms with Gasteiger partial charge in [0.05, 0.1) is 12.2 Å². The molecule has 0 amide bonds. The van der Waals surface area contributed by atoms with E-state index in [0.717, 1.165) is 24.2 Å². The highest BCUT2D eigenvalue weighted by atomic mass is 16.5. The number of methoxy groups -OCH3 is 1. The van der Waals surface area contributed by atoms with Gasteiger partial charge in [-0.3, -0.25) is 0 Å². The molecule has 0 heterocycles. The fourth-order valence-electron chi connectivity index (χ4n) is 1.90. The highest BCUT2D eigenvalue weighted by molar-refractivity contribution is 5.30. The zero-order chi connectivity index (χ0) is 13.0. The largest absolute Gasteiger partial charge is 0.490 e. The van der Waals surface area contributed by atoms with Crippen molar-refractivity contribution in [2.24, 2.45) is 5.73 Å². The summed E-state index contributed by atoms with van der Waals surface area (Å²) < 4.78 is 11.0. The van der Waals surface area contributed by atoms with Crippen LogP contribution in [0.4, 0.5) is 0 Å². The Morgan fingerprint density at radius 1 is 1.33 bits per heavy atom. The molecule has 0 spiro atoms. The molecule has 2 atom stereocenters. The Hall–Kier alpha value is -1.06. The molecule has 1 saturated carbocycles. The monoisotopic (exact) mass is 249 g/mol. The lowest BCUT2D eigenvalue weighted by molar-refractivity contribution is 0.107. The van der Waals surface area contributed by atoms with Crippen LogP contribution in [0.5, 0.6) is 5.75 Å². The summed E-state index contributed by atoms with van der Waals surface area (Å²) in [5.41, 5.74) is 7.35. The SMILES string of the molecule is COC(C)CCC(N)c1cccc(OC2CC2)c1. The number of nitrogens with two attached hydrogens (primary N) is 1. The average Bonchev–Trinajstić information content (AvgIpc) is 3.19. The maximum absolute atomic E-state index is 6.20. The zero-order valence-electron chi connectivity index (χ0n) is 11.3. The van der Waals surface area contributed by atoms with E-state index in [9.17, 15) is 0 Å². The van der Waals surface area contributed by atoms with Crippen molar-refractivity contribution >= 4 is 0 Å². The Balaban J connectivity index is 1.89. The Bertz CT molecular complexity index is 377. The molecule has 100 valence electrons. The standard InChI is InChI=1S/C15H23NO2/c1-11(17-2)6-9-15(16)12-4-3-5-14(10-12)18-13-7-8-13/h3-5,10-11,13,15H,6-9,16H2,1-2H3. The first-order valence-corrected chi connectivity index (χ1v) is 6.74. The first-order valence-electron chi connectivity index (χ1n) is 6.74. The first kappa shape index (κ1) is 13.4. The minimum atomic E-state index is 0.0605. The topological polar surface area (TPSA) is 44.5 Å². The maximum Gasteiger partial charge on any atom is 0.120 e. The lowest BCUT2D eigenvalue weighted by Gasteiger charge is -2.16. The van der Waals surface area contributed by atoms with Crippen molar-refractivity contribution in [1.29, 1.82) is 0 Å². The summed E-state index contributed by atoms with van der Waals surface area (Å²) in [7, 11) is 1.74. The van der Waals surface area contributed by atoms with Crippen LogP contribution in [0.15, 0.2) is 24.3 Å². The van der Waals surface area contributed by atoms with E-state index in [1.807, 2.05) is 12.1 Å². The molecule has 3 nitrogen and oxygen atoms in total. The van der Waals surface area contributed by atoms with Crippen molar-refractivity contribution in [2.45, 2.75) is 50.9 Å². The highest BCUT2D eigenvalue weighted by Gasteiger charge is 2.23. The second-order valence-electron chi connectivity index (χ2n) is 5.12. The van der Waals surface area contributed by atoms with E-state index in [-0.39, 0.29) is 12.1 Å². The average molecular weight is 249 g/mol. The molecule has 18 heavy (non-hydrogen) atoms. The smallest absolute Gasteiger partial charge is 0.120 e. The summed E-state index contributed by atoms with van der Waals surface area (Å²) in [5.74, 6) is 0.949. The fraction of sp³-hybridized carbons (Fsp3) is 0.600. The molecule has 3 heteroatoms. The number of rotatable bonds is 7. The highest BCUT2D eigenvalue weighted by Crippen LogP contribution is 2.28. The van der Waals surface area contributed by atoms with E-state index in [1.54, 1.807) is 7.11 Å². The predicted octanol–water partition coefficient (Wildman–Crippen LogP) is 3.04. The predicted molar refractivity (Wildman–Crippen MR) is 72.7 cm³/mol. The van der Waals surface area contributed by atoms with Gasteiger partial charge in [0.15, 0.2) is 0 Å². The molecule has 1 aromatic carbocycles. The van der Waals surface area contributed by atoms with E-state index in [1.165, 1.54) is 12.8 Å². The molecule has 0 radical (unpaired) electrons. The Morgan fingerprint density at radius 3 is 2.78 bits per heavy atom. The first-order chi connectivity index (χ1) is 8.69. The molecule has 1 aliphatic carbocycles. The zero-order valence-corrected chi connectivity index (χ0v) is 11.3. The fourth-order valence-corrected chi connectivity index (χ4v) is 1.90. The molecule has 1 fully saturated rings. The van der Waals surface area contributed by atoms with Crippen molar-refractivity contribution in [1.82, 2.24) is 0 Å². The van der Waals surface area contributed by atoms with Gasteiger partial charge in [0.25, 0.3) is 0 Å². The van der Waals surface area contributed by atoms with Crippen LogP contribution in [-0.2, 0) is 4.74 Å². The second kappa shape index (κ2) is 6.21. The van der Waals surface area contributed by atoms with Crippen molar-refractivity contribution in [2.75, 3.05) is 7.11 Å². The van der Waals surface area contributed by atoms with Gasteiger partial charge in [0.2, 0.25) is 0 Å². The number of ether oxygens (including phenoxy) is 2. The molecular formula is C15H23NO2. The van der Waals surface area contributed by atoms with Crippen LogP contribution < -0.4 is 10.5 Å². The molecule has 0 saturated heterocycles. The minimum absolute atomic E-state index is 0.0605. The maximum atomic E-state index is 6.20. The molecule has 1 aromatic rings. The van der Waals surface area contributed by atoms with Crippen LogP contribution in [0.1, 0.15) is 44.2 Å². The Morgan fingerprint density at radius 2 is 2.11 bits per heavy atom. The molecule has 2 unspecified atom stereocenters.